The van der Waals surface area contributed by atoms with Crippen LogP contribution in [0.5, 0.6) is 0 Å². The molecule has 2 aromatic carbocycles. The molecule has 26 heavy (non-hydrogen) atoms. The standard InChI is InChI=1S/C20H15ClFN3S/c1-11-3-8-15(9-12(11)2)23-18-17-16(13-4-6-14(22)7-5-13)10-26-19(17)25-20(21)24-18/h3-10H,1-2H3,(H,23,24,25). The quantitative estimate of drug-likeness (QED) is 0.410. The molecule has 0 aliphatic heterocycles. The highest BCUT2D eigenvalue weighted by Gasteiger charge is 2.15. The zero-order chi connectivity index (χ0) is 18.3. The molecule has 0 aliphatic rings. The van der Waals surface area contributed by atoms with Crippen molar-refractivity contribution in [3.05, 3.63) is 70.1 Å². The molecule has 4 aromatic rings. The van der Waals surface area contributed by atoms with E-state index < -0.39 is 0 Å². The van der Waals surface area contributed by atoms with Gasteiger partial charge >= 0.3 is 0 Å². The van der Waals surface area contributed by atoms with Crippen molar-refractivity contribution in [2.75, 3.05) is 5.32 Å². The number of fused-ring (bicyclic) bond motifs is 1. The van der Waals surface area contributed by atoms with Gasteiger partial charge in [-0.3, -0.25) is 0 Å². The van der Waals surface area contributed by atoms with E-state index >= 15 is 0 Å². The first-order chi connectivity index (χ1) is 12.5. The lowest BCUT2D eigenvalue weighted by atomic mass is 10.1. The maximum Gasteiger partial charge on any atom is 0.225 e. The number of aromatic nitrogens is 2. The van der Waals surface area contributed by atoms with Crippen LogP contribution in [0.4, 0.5) is 15.9 Å². The van der Waals surface area contributed by atoms with Gasteiger partial charge in [0.25, 0.3) is 0 Å². The van der Waals surface area contributed by atoms with E-state index in [2.05, 4.69) is 41.3 Å². The van der Waals surface area contributed by atoms with Gasteiger partial charge in [-0.2, -0.15) is 4.98 Å². The molecule has 4 rings (SSSR count). The highest BCUT2D eigenvalue weighted by Crippen LogP contribution is 2.38. The summed E-state index contributed by atoms with van der Waals surface area (Å²) in [4.78, 5) is 9.52. The fourth-order valence-electron chi connectivity index (χ4n) is 2.80. The fraction of sp³-hybridized carbons (Fsp3) is 0.100. The van der Waals surface area contributed by atoms with E-state index in [9.17, 15) is 4.39 Å². The van der Waals surface area contributed by atoms with Crippen LogP contribution in [0.1, 0.15) is 11.1 Å². The van der Waals surface area contributed by atoms with Crippen molar-refractivity contribution in [1.29, 1.82) is 0 Å². The molecule has 0 bridgehead atoms. The van der Waals surface area contributed by atoms with Crippen LogP contribution in [0.15, 0.2) is 47.8 Å². The van der Waals surface area contributed by atoms with E-state index in [1.54, 1.807) is 12.1 Å². The second-order valence-electron chi connectivity index (χ2n) is 6.10. The van der Waals surface area contributed by atoms with Crippen molar-refractivity contribution in [2.45, 2.75) is 13.8 Å². The molecular weight excluding hydrogens is 369 g/mol. The molecular formula is C20H15ClFN3S. The zero-order valence-electron chi connectivity index (χ0n) is 14.2. The van der Waals surface area contributed by atoms with Crippen LogP contribution < -0.4 is 5.32 Å². The van der Waals surface area contributed by atoms with Gasteiger partial charge < -0.3 is 5.32 Å². The van der Waals surface area contributed by atoms with E-state index in [-0.39, 0.29) is 11.1 Å². The van der Waals surface area contributed by atoms with Crippen LogP contribution in [-0.2, 0) is 0 Å². The highest BCUT2D eigenvalue weighted by atomic mass is 35.5. The summed E-state index contributed by atoms with van der Waals surface area (Å²) in [6, 6.07) is 12.6. The van der Waals surface area contributed by atoms with Gasteiger partial charge in [-0.05, 0) is 66.4 Å². The fourth-order valence-corrected chi connectivity index (χ4v) is 3.97. The van der Waals surface area contributed by atoms with Gasteiger partial charge in [0.1, 0.15) is 16.5 Å². The van der Waals surface area contributed by atoms with Gasteiger partial charge in [0, 0.05) is 16.6 Å². The van der Waals surface area contributed by atoms with Crippen LogP contribution in [0, 0.1) is 19.7 Å². The molecule has 6 heteroatoms. The second-order valence-corrected chi connectivity index (χ2v) is 7.30. The largest absolute Gasteiger partial charge is 0.340 e. The first-order valence-electron chi connectivity index (χ1n) is 8.06. The van der Waals surface area contributed by atoms with Gasteiger partial charge in [0.15, 0.2) is 0 Å². The Morgan fingerprint density at radius 1 is 1.00 bits per heavy atom. The smallest absolute Gasteiger partial charge is 0.225 e. The third-order valence-corrected chi connectivity index (χ3v) is 5.37. The lowest BCUT2D eigenvalue weighted by molar-refractivity contribution is 0.628. The van der Waals surface area contributed by atoms with Gasteiger partial charge in [0.2, 0.25) is 5.28 Å². The molecule has 0 amide bonds. The first-order valence-corrected chi connectivity index (χ1v) is 9.32. The molecule has 0 aliphatic carbocycles. The number of halogens is 2. The summed E-state index contributed by atoms with van der Waals surface area (Å²) in [6.45, 7) is 4.14. The molecule has 130 valence electrons. The number of anilines is 2. The number of nitrogens with one attached hydrogen (secondary N) is 1. The minimum absolute atomic E-state index is 0.191. The van der Waals surface area contributed by atoms with Gasteiger partial charge in [0.05, 0.1) is 5.39 Å². The van der Waals surface area contributed by atoms with Crippen molar-refractivity contribution in [1.82, 2.24) is 9.97 Å². The number of aryl methyl sites for hydroxylation is 2. The molecule has 1 N–H and O–H groups in total. The monoisotopic (exact) mass is 383 g/mol. The average molecular weight is 384 g/mol. The van der Waals surface area contributed by atoms with E-state index in [4.69, 9.17) is 11.6 Å². The Balaban J connectivity index is 1.86. The van der Waals surface area contributed by atoms with Gasteiger partial charge in [-0.1, -0.05) is 18.2 Å². The summed E-state index contributed by atoms with van der Waals surface area (Å²) in [5.41, 5.74) is 5.21. The molecule has 0 saturated heterocycles. The van der Waals surface area contributed by atoms with E-state index in [0.717, 1.165) is 27.0 Å². The molecule has 0 unspecified atom stereocenters. The molecule has 2 heterocycles. The summed E-state index contributed by atoms with van der Waals surface area (Å²) in [5.74, 6) is 0.380. The van der Waals surface area contributed by atoms with Crippen molar-refractivity contribution in [2.24, 2.45) is 0 Å². The van der Waals surface area contributed by atoms with Crippen molar-refractivity contribution in [3.8, 4) is 11.1 Å². The molecule has 2 aromatic heterocycles. The topological polar surface area (TPSA) is 37.8 Å². The number of thiophene rings is 1. The van der Waals surface area contributed by atoms with Crippen LogP contribution in [0.25, 0.3) is 21.3 Å². The summed E-state index contributed by atoms with van der Waals surface area (Å²) >= 11 is 7.61. The number of nitrogens with zero attached hydrogens (tertiary/aromatic N) is 2. The van der Waals surface area contributed by atoms with E-state index in [0.29, 0.717) is 5.82 Å². The molecule has 0 radical (unpaired) electrons. The molecule has 0 atom stereocenters. The third kappa shape index (κ3) is 3.16. The summed E-state index contributed by atoms with van der Waals surface area (Å²) in [7, 11) is 0. The normalized spacial score (nSPS) is 11.1. The van der Waals surface area contributed by atoms with Crippen molar-refractivity contribution >= 4 is 44.7 Å². The molecule has 0 fully saturated rings. The number of hydrogen-bond donors (Lipinski definition) is 1. The number of rotatable bonds is 3. The second kappa shape index (κ2) is 6.67. The van der Waals surface area contributed by atoms with E-state index in [1.165, 1.54) is 34.6 Å². The zero-order valence-corrected chi connectivity index (χ0v) is 15.7. The van der Waals surface area contributed by atoms with Crippen LogP contribution >= 0.6 is 22.9 Å². The molecule has 3 nitrogen and oxygen atoms in total. The molecule has 0 spiro atoms. The predicted octanol–water partition coefficient (Wildman–Crippen LogP) is 6.51. The van der Waals surface area contributed by atoms with E-state index in [1.807, 2.05) is 11.4 Å². The van der Waals surface area contributed by atoms with Crippen molar-refractivity contribution in [3.63, 3.8) is 0 Å². The lowest BCUT2D eigenvalue weighted by Gasteiger charge is -2.11. The summed E-state index contributed by atoms with van der Waals surface area (Å²) < 4.78 is 13.3. The Labute approximate surface area is 159 Å². The Kier molecular flexibility index (Phi) is 4.34. The maximum absolute atomic E-state index is 13.3. The molecule has 0 saturated carbocycles. The van der Waals surface area contributed by atoms with Crippen LogP contribution in [0.3, 0.4) is 0 Å². The third-order valence-electron chi connectivity index (χ3n) is 4.33. The van der Waals surface area contributed by atoms with Crippen molar-refractivity contribution < 1.29 is 4.39 Å². The maximum atomic E-state index is 13.3. The van der Waals surface area contributed by atoms with Gasteiger partial charge in [-0.15, -0.1) is 11.3 Å². The number of hydrogen-bond acceptors (Lipinski definition) is 4. The van der Waals surface area contributed by atoms with Gasteiger partial charge in [-0.25, -0.2) is 9.37 Å². The Hall–Kier alpha value is -2.50. The van der Waals surface area contributed by atoms with Crippen LogP contribution in [0.2, 0.25) is 5.28 Å². The first kappa shape index (κ1) is 16.9. The predicted molar refractivity (Wildman–Crippen MR) is 107 cm³/mol. The number of benzene rings is 2. The summed E-state index contributed by atoms with van der Waals surface area (Å²) in [6.07, 6.45) is 0. The minimum atomic E-state index is -0.263. The SMILES string of the molecule is Cc1ccc(Nc2nc(Cl)nc3scc(-c4ccc(F)cc4)c23)cc1C. The Bertz CT molecular complexity index is 1110. The Morgan fingerprint density at radius 2 is 1.77 bits per heavy atom. The highest BCUT2D eigenvalue weighted by molar-refractivity contribution is 7.17. The minimum Gasteiger partial charge on any atom is -0.340 e. The summed E-state index contributed by atoms with van der Waals surface area (Å²) in [5, 5.41) is 6.42. The lowest BCUT2D eigenvalue weighted by Crippen LogP contribution is -1.97. The van der Waals surface area contributed by atoms with Crippen LogP contribution in [-0.4, -0.2) is 9.97 Å². The average Bonchev–Trinajstić information content (AvgIpc) is 3.03. The Morgan fingerprint density at radius 3 is 2.50 bits per heavy atom.